The fraction of sp³-hybridized carbons (Fsp3) is 0.143. The van der Waals surface area contributed by atoms with Gasteiger partial charge in [-0.3, -0.25) is 9.59 Å². The Bertz CT molecular complexity index is 930. The van der Waals surface area contributed by atoms with Crippen molar-refractivity contribution in [3.8, 4) is 0 Å². The lowest BCUT2D eigenvalue weighted by atomic mass is 10.1. The number of hydrogen-bond donors (Lipinski definition) is 2. The van der Waals surface area contributed by atoms with Crippen molar-refractivity contribution < 1.29 is 14.0 Å². The number of rotatable bonds is 5. The van der Waals surface area contributed by atoms with Crippen LogP contribution in [0.5, 0.6) is 0 Å². The molecule has 132 valence electrons. The Morgan fingerprint density at radius 3 is 2.50 bits per heavy atom. The van der Waals surface area contributed by atoms with Gasteiger partial charge in [0.1, 0.15) is 0 Å². The Morgan fingerprint density at radius 1 is 0.962 bits per heavy atom. The quantitative estimate of drug-likeness (QED) is 0.705. The molecule has 0 saturated heterocycles. The first-order chi connectivity index (χ1) is 12.6. The maximum atomic E-state index is 12.7. The van der Waals surface area contributed by atoms with Crippen molar-refractivity contribution in [2.24, 2.45) is 0 Å². The molecule has 0 atom stereocenters. The van der Waals surface area contributed by atoms with E-state index in [-0.39, 0.29) is 17.6 Å². The molecule has 3 rings (SSSR count). The lowest BCUT2D eigenvalue weighted by Crippen LogP contribution is -2.15. The van der Waals surface area contributed by atoms with E-state index in [1.165, 1.54) is 6.26 Å². The van der Waals surface area contributed by atoms with Crippen LogP contribution >= 0.6 is 0 Å². The second kappa shape index (κ2) is 7.70. The van der Waals surface area contributed by atoms with Crippen molar-refractivity contribution in [2.75, 3.05) is 10.6 Å². The van der Waals surface area contributed by atoms with Gasteiger partial charge in [0, 0.05) is 16.9 Å². The summed E-state index contributed by atoms with van der Waals surface area (Å²) in [7, 11) is 0. The summed E-state index contributed by atoms with van der Waals surface area (Å²) in [4.78, 5) is 24.7. The van der Waals surface area contributed by atoms with Gasteiger partial charge >= 0.3 is 0 Å². The summed E-state index contributed by atoms with van der Waals surface area (Å²) in [5.41, 5.74) is 3.93. The average Bonchev–Trinajstić information content (AvgIpc) is 3.18. The first-order valence-corrected chi connectivity index (χ1v) is 8.43. The second-order valence-electron chi connectivity index (χ2n) is 5.93. The van der Waals surface area contributed by atoms with E-state index >= 15 is 0 Å². The van der Waals surface area contributed by atoms with Gasteiger partial charge in [-0.2, -0.15) is 0 Å². The van der Waals surface area contributed by atoms with Gasteiger partial charge < -0.3 is 15.1 Å². The number of nitrogens with one attached hydrogen (secondary N) is 2. The molecule has 5 heteroatoms. The van der Waals surface area contributed by atoms with E-state index in [0.29, 0.717) is 11.3 Å². The fourth-order valence-electron chi connectivity index (χ4n) is 2.73. The van der Waals surface area contributed by atoms with Crippen LogP contribution in [-0.4, -0.2) is 11.8 Å². The van der Waals surface area contributed by atoms with E-state index in [0.717, 1.165) is 23.2 Å². The predicted octanol–water partition coefficient (Wildman–Crippen LogP) is 4.66. The van der Waals surface area contributed by atoms with E-state index in [1.807, 2.05) is 25.1 Å². The molecule has 1 heterocycles. The lowest BCUT2D eigenvalue weighted by Gasteiger charge is -2.13. The van der Waals surface area contributed by atoms with Crippen molar-refractivity contribution in [2.45, 2.75) is 20.3 Å². The molecule has 0 spiro atoms. The molecule has 0 unspecified atom stereocenters. The van der Waals surface area contributed by atoms with E-state index in [9.17, 15) is 9.59 Å². The largest absolute Gasteiger partial charge is 0.459 e. The van der Waals surface area contributed by atoms with E-state index in [1.54, 1.807) is 36.4 Å². The van der Waals surface area contributed by atoms with Gasteiger partial charge in [0.05, 0.1) is 6.26 Å². The summed E-state index contributed by atoms with van der Waals surface area (Å²) in [5, 5.41) is 5.71. The molecule has 26 heavy (non-hydrogen) atoms. The summed E-state index contributed by atoms with van der Waals surface area (Å²) in [6.07, 6.45) is 2.27. The summed E-state index contributed by atoms with van der Waals surface area (Å²) in [5.74, 6) is -0.366. The van der Waals surface area contributed by atoms with Crippen LogP contribution in [0.4, 0.5) is 11.4 Å². The number of benzene rings is 2. The first-order valence-electron chi connectivity index (χ1n) is 8.43. The third-order valence-electron chi connectivity index (χ3n) is 4.11. The number of hydrogen-bond acceptors (Lipinski definition) is 3. The van der Waals surface area contributed by atoms with Crippen LogP contribution in [0.2, 0.25) is 0 Å². The number of furan rings is 1. The minimum atomic E-state index is -0.361. The maximum absolute atomic E-state index is 12.7. The Labute approximate surface area is 152 Å². The van der Waals surface area contributed by atoms with E-state index < -0.39 is 0 Å². The van der Waals surface area contributed by atoms with Gasteiger partial charge in [-0.25, -0.2) is 0 Å². The van der Waals surface area contributed by atoms with E-state index in [2.05, 4.69) is 17.6 Å². The molecule has 0 aliphatic heterocycles. The summed E-state index contributed by atoms with van der Waals surface area (Å²) >= 11 is 0. The van der Waals surface area contributed by atoms with Gasteiger partial charge in [0.15, 0.2) is 5.76 Å². The molecule has 0 aliphatic carbocycles. The maximum Gasteiger partial charge on any atom is 0.291 e. The number of amides is 2. The molecule has 2 amide bonds. The predicted molar refractivity (Wildman–Crippen MR) is 102 cm³/mol. The van der Waals surface area contributed by atoms with Gasteiger partial charge in [0.2, 0.25) is 0 Å². The Hall–Kier alpha value is -3.34. The number of carbonyl (C=O) groups excluding carboxylic acids is 2. The SMILES string of the molecule is CCc1cccc(C)c1NC(=O)c1cccc(NC(=O)c2ccco2)c1. The number of aryl methyl sites for hydroxylation is 2. The number of anilines is 2. The fourth-order valence-corrected chi connectivity index (χ4v) is 2.73. The van der Waals surface area contributed by atoms with Crippen LogP contribution in [0.25, 0.3) is 0 Å². The van der Waals surface area contributed by atoms with Crippen LogP contribution in [0, 0.1) is 6.92 Å². The molecular formula is C21H20N2O3. The molecular weight excluding hydrogens is 328 g/mol. The minimum absolute atomic E-state index is 0.215. The molecule has 0 fully saturated rings. The zero-order valence-electron chi connectivity index (χ0n) is 14.7. The average molecular weight is 348 g/mol. The molecule has 2 aromatic carbocycles. The Balaban J connectivity index is 1.78. The van der Waals surface area contributed by atoms with Gasteiger partial charge in [-0.05, 0) is 54.8 Å². The number of carbonyl (C=O) groups is 2. The highest BCUT2D eigenvalue weighted by atomic mass is 16.3. The molecule has 0 aliphatic rings. The van der Waals surface area contributed by atoms with Crippen LogP contribution in [0.3, 0.4) is 0 Å². The zero-order chi connectivity index (χ0) is 18.5. The van der Waals surface area contributed by atoms with E-state index in [4.69, 9.17) is 4.42 Å². The Kier molecular flexibility index (Phi) is 5.17. The third kappa shape index (κ3) is 3.83. The molecule has 1 aromatic heterocycles. The highest BCUT2D eigenvalue weighted by Crippen LogP contribution is 2.22. The molecule has 0 saturated carbocycles. The zero-order valence-corrected chi connectivity index (χ0v) is 14.7. The van der Waals surface area contributed by atoms with Crippen LogP contribution in [0.1, 0.15) is 39.0 Å². The normalized spacial score (nSPS) is 10.4. The highest BCUT2D eigenvalue weighted by Gasteiger charge is 2.13. The first kappa shape index (κ1) is 17.5. The Morgan fingerprint density at radius 2 is 1.77 bits per heavy atom. The lowest BCUT2D eigenvalue weighted by molar-refractivity contribution is 0.0993. The van der Waals surface area contributed by atoms with Gasteiger partial charge in [-0.1, -0.05) is 31.2 Å². The summed E-state index contributed by atoms with van der Waals surface area (Å²) in [6.45, 7) is 4.02. The smallest absolute Gasteiger partial charge is 0.291 e. The van der Waals surface area contributed by atoms with Crippen LogP contribution < -0.4 is 10.6 Å². The standard InChI is InChI=1S/C21H20N2O3/c1-3-15-8-4-7-14(2)19(15)23-20(24)16-9-5-10-17(13-16)22-21(25)18-11-6-12-26-18/h4-13H,3H2,1-2H3,(H,22,25)(H,23,24). The summed E-state index contributed by atoms with van der Waals surface area (Å²) < 4.78 is 5.07. The third-order valence-corrected chi connectivity index (χ3v) is 4.11. The minimum Gasteiger partial charge on any atom is -0.459 e. The molecule has 3 aromatic rings. The van der Waals surface area contributed by atoms with Crippen molar-refractivity contribution >= 4 is 23.2 Å². The van der Waals surface area contributed by atoms with Crippen molar-refractivity contribution in [3.05, 3.63) is 83.3 Å². The second-order valence-corrected chi connectivity index (χ2v) is 5.93. The van der Waals surface area contributed by atoms with Gasteiger partial charge in [-0.15, -0.1) is 0 Å². The molecule has 0 radical (unpaired) electrons. The van der Waals surface area contributed by atoms with Crippen LogP contribution in [-0.2, 0) is 6.42 Å². The molecule has 5 nitrogen and oxygen atoms in total. The van der Waals surface area contributed by atoms with Crippen LogP contribution in [0.15, 0.2) is 65.3 Å². The van der Waals surface area contributed by atoms with Crippen molar-refractivity contribution in [1.29, 1.82) is 0 Å². The molecule has 0 bridgehead atoms. The highest BCUT2D eigenvalue weighted by molar-refractivity contribution is 6.07. The number of para-hydroxylation sites is 1. The monoisotopic (exact) mass is 348 g/mol. The van der Waals surface area contributed by atoms with Crippen molar-refractivity contribution in [1.82, 2.24) is 0 Å². The summed E-state index contributed by atoms with van der Waals surface area (Å²) in [6, 6.07) is 16.0. The molecule has 2 N–H and O–H groups in total. The topological polar surface area (TPSA) is 71.3 Å². The van der Waals surface area contributed by atoms with Crippen molar-refractivity contribution in [3.63, 3.8) is 0 Å². The van der Waals surface area contributed by atoms with Gasteiger partial charge in [0.25, 0.3) is 11.8 Å².